The van der Waals surface area contributed by atoms with Gasteiger partial charge in [0.25, 0.3) is 0 Å². The Labute approximate surface area is 126 Å². The molecular weight excluding hydrogens is 264 g/mol. The van der Waals surface area contributed by atoms with Crippen molar-refractivity contribution >= 4 is 0 Å². The Hall–Kier alpha value is -1.91. The van der Waals surface area contributed by atoms with Crippen LogP contribution in [-0.2, 0) is 6.42 Å². The smallest absolute Gasteiger partial charge is 0.124 e. The summed E-state index contributed by atoms with van der Waals surface area (Å²) in [5.41, 5.74) is 2.08. The van der Waals surface area contributed by atoms with E-state index in [4.69, 9.17) is 4.74 Å². The zero-order valence-electron chi connectivity index (χ0n) is 12.6. The van der Waals surface area contributed by atoms with Gasteiger partial charge < -0.3 is 14.7 Å². The lowest BCUT2D eigenvalue weighted by atomic mass is 10.1. The first-order valence-corrected chi connectivity index (χ1v) is 7.09. The zero-order valence-corrected chi connectivity index (χ0v) is 12.6. The second-order valence-electron chi connectivity index (χ2n) is 5.13. The average Bonchev–Trinajstić information content (AvgIpc) is 2.53. The minimum Gasteiger partial charge on any atom is -0.496 e. The molecule has 0 fully saturated rings. The molecule has 2 rings (SSSR count). The number of ether oxygens (including phenoxy) is 1. The topological polar surface area (TPSA) is 45.6 Å². The largest absolute Gasteiger partial charge is 0.496 e. The normalized spacial score (nSPS) is 12.4. The molecule has 0 aliphatic carbocycles. The van der Waals surface area contributed by atoms with Gasteiger partial charge in [0.05, 0.1) is 13.2 Å². The molecule has 0 amide bonds. The van der Waals surface area contributed by atoms with Gasteiger partial charge in [-0.05, 0) is 37.2 Å². The van der Waals surface area contributed by atoms with E-state index >= 15 is 0 Å². The van der Waals surface area contributed by atoms with E-state index in [0.717, 1.165) is 24.3 Å². The summed E-state index contributed by atoms with van der Waals surface area (Å²) in [6.45, 7) is 1.46. The summed E-state index contributed by atoms with van der Waals surface area (Å²) in [6.07, 6.45) is 4.00. The van der Waals surface area contributed by atoms with Crippen molar-refractivity contribution in [2.45, 2.75) is 12.5 Å². The van der Waals surface area contributed by atoms with Crippen LogP contribution in [0.3, 0.4) is 0 Å². The van der Waals surface area contributed by atoms with Gasteiger partial charge in [-0.15, -0.1) is 0 Å². The Morgan fingerprint density at radius 1 is 1.19 bits per heavy atom. The van der Waals surface area contributed by atoms with Gasteiger partial charge in [0, 0.05) is 31.0 Å². The third kappa shape index (κ3) is 4.55. The van der Waals surface area contributed by atoms with Crippen molar-refractivity contribution in [3.8, 4) is 5.75 Å². The van der Waals surface area contributed by atoms with Crippen LogP contribution < -0.4 is 4.74 Å². The van der Waals surface area contributed by atoms with Gasteiger partial charge in [-0.3, -0.25) is 4.98 Å². The lowest BCUT2D eigenvalue weighted by molar-refractivity contribution is 0.124. The Balaban J connectivity index is 1.88. The lowest BCUT2D eigenvalue weighted by Crippen LogP contribution is -2.27. The van der Waals surface area contributed by atoms with E-state index in [1.165, 1.54) is 5.56 Å². The molecule has 2 aromatic rings. The quantitative estimate of drug-likeness (QED) is 0.848. The molecule has 0 saturated carbocycles. The molecule has 0 aliphatic rings. The molecule has 0 aliphatic heterocycles. The fourth-order valence-corrected chi connectivity index (χ4v) is 2.30. The maximum Gasteiger partial charge on any atom is 0.124 e. The van der Waals surface area contributed by atoms with Crippen molar-refractivity contribution in [3.63, 3.8) is 0 Å². The summed E-state index contributed by atoms with van der Waals surface area (Å²) < 4.78 is 5.29. The minimum atomic E-state index is -0.552. The number of nitrogens with zero attached hydrogens (tertiary/aromatic N) is 2. The van der Waals surface area contributed by atoms with Crippen LogP contribution in [0.5, 0.6) is 5.75 Å². The molecule has 4 heteroatoms. The maximum atomic E-state index is 10.4. The third-order valence-corrected chi connectivity index (χ3v) is 3.51. The highest BCUT2D eigenvalue weighted by Gasteiger charge is 2.14. The highest BCUT2D eigenvalue weighted by molar-refractivity contribution is 5.35. The Morgan fingerprint density at radius 3 is 2.62 bits per heavy atom. The Morgan fingerprint density at radius 2 is 1.90 bits per heavy atom. The van der Waals surface area contributed by atoms with Crippen LogP contribution in [0, 0.1) is 0 Å². The Kier molecular flexibility index (Phi) is 5.72. The molecule has 1 atom stereocenters. The predicted octanol–water partition coefficient (Wildman–Crippen LogP) is 2.30. The van der Waals surface area contributed by atoms with E-state index in [-0.39, 0.29) is 0 Å². The molecule has 1 unspecified atom stereocenters. The summed E-state index contributed by atoms with van der Waals surface area (Å²) >= 11 is 0. The summed E-state index contributed by atoms with van der Waals surface area (Å²) in [5.74, 6) is 0.729. The summed E-state index contributed by atoms with van der Waals surface area (Å²) in [7, 11) is 3.64. The van der Waals surface area contributed by atoms with E-state index in [1.807, 2.05) is 43.4 Å². The van der Waals surface area contributed by atoms with Gasteiger partial charge >= 0.3 is 0 Å². The van der Waals surface area contributed by atoms with Crippen molar-refractivity contribution in [2.24, 2.45) is 0 Å². The minimum absolute atomic E-state index is 0.552. The monoisotopic (exact) mass is 286 g/mol. The fraction of sp³-hybridized carbons (Fsp3) is 0.353. The van der Waals surface area contributed by atoms with Gasteiger partial charge in [0.1, 0.15) is 5.75 Å². The van der Waals surface area contributed by atoms with Gasteiger partial charge in [-0.1, -0.05) is 18.2 Å². The highest BCUT2D eigenvalue weighted by atomic mass is 16.5. The molecule has 1 aromatic carbocycles. The maximum absolute atomic E-state index is 10.4. The highest BCUT2D eigenvalue weighted by Crippen LogP contribution is 2.25. The lowest BCUT2D eigenvalue weighted by Gasteiger charge is -2.22. The second kappa shape index (κ2) is 7.76. The number of likely N-dealkylation sites (N-methyl/N-ethyl adjacent to an activating group) is 1. The standard InChI is InChI=1S/C17H22N2O2/c1-19(12-9-14-7-10-18-11-8-14)13-16(20)15-5-3-4-6-17(15)21-2/h3-8,10-11,16,20H,9,12-13H2,1-2H3. The first-order valence-electron chi connectivity index (χ1n) is 7.09. The third-order valence-electron chi connectivity index (χ3n) is 3.51. The van der Waals surface area contributed by atoms with E-state index < -0.39 is 6.10 Å². The number of hydrogen-bond donors (Lipinski definition) is 1. The number of para-hydroxylation sites is 1. The van der Waals surface area contributed by atoms with Gasteiger partial charge in [0.15, 0.2) is 0 Å². The molecule has 0 radical (unpaired) electrons. The van der Waals surface area contributed by atoms with Gasteiger partial charge in [0.2, 0.25) is 0 Å². The zero-order chi connectivity index (χ0) is 15.1. The van der Waals surface area contributed by atoms with Crippen LogP contribution in [0.15, 0.2) is 48.8 Å². The second-order valence-corrected chi connectivity index (χ2v) is 5.13. The van der Waals surface area contributed by atoms with E-state index in [2.05, 4.69) is 9.88 Å². The van der Waals surface area contributed by atoms with Crippen molar-refractivity contribution in [1.29, 1.82) is 0 Å². The number of aliphatic hydroxyl groups is 1. The number of methoxy groups -OCH3 is 1. The summed E-state index contributed by atoms with van der Waals surface area (Å²) in [4.78, 5) is 6.13. The summed E-state index contributed by atoms with van der Waals surface area (Å²) in [6, 6.07) is 11.6. The molecular formula is C17H22N2O2. The van der Waals surface area contributed by atoms with Crippen molar-refractivity contribution in [1.82, 2.24) is 9.88 Å². The van der Waals surface area contributed by atoms with Gasteiger partial charge in [-0.2, -0.15) is 0 Å². The number of aromatic nitrogens is 1. The molecule has 21 heavy (non-hydrogen) atoms. The van der Waals surface area contributed by atoms with Crippen molar-refractivity contribution in [2.75, 3.05) is 27.2 Å². The number of hydrogen-bond acceptors (Lipinski definition) is 4. The predicted molar refractivity (Wildman–Crippen MR) is 83.4 cm³/mol. The van der Waals surface area contributed by atoms with Crippen molar-refractivity contribution < 1.29 is 9.84 Å². The number of aliphatic hydroxyl groups excluding tert-OH is 1. The average molecular weight is 286 g/mol. The van der Waals surface area contributed by atoms with E-state index in [1.54, 1.807) is 19.5 Å². The molecule has 1 N–H and O–H groups in total. The molecule has 0 spiro atoms. The molecule has 0 saturated heterocycles. The molecule has 0 bridgehead atoms. The number of rotatable bonds is 7. The number of pyridine rings is 1. The van der Waals surface area contributed by atoms with Crippen LogP contribution in [0.1, 0.15) is 17.2 Å². The van der Waals surface area contributed by atoms with E-state index in [0.29, 0.717) is 6.54 Å². The van der Waals surface area contributed by atoms with Crippen LogP contribution in [0.2, 0.25) is 0 Å². The summed E-state index contributed by atoms with van der Waals surface area (Å²) in [5, 5.41) is 10.4. The first-order chi connectivity index (χ1) is 10.2. The Bertz CT molecular complexity index is 545. The van der Waals surface area contributed by atoms with E-state index in [9.17, 15) is 5.11 Å². The molecule has 1 aromatic heterocycles. The molecule has 4 nitrogen and oxygen atoms in total. The fourth-order valence-electron chi connectivity index (χ4n) is 2.30. The van der Waals surface area contributed by atoms with Gasteiger partial charge in [-0.25, -0.2) is 0 Å². The van der Waals surface area contributed by atoms with Crippen LogP contribution in [-0.4, -0.2) is 42.2 Å². The van der Waals surface area contributed by atoms with Crippen molar-refractivity contribution in [3.05, 3.63) is 59.9 Å². The number of benzene rings is 1. The first kappa shape index (κ1) is 15.5. The van der Waals surface area contributed by atoms with Crippen LogP contribution in [0.25, 0.3) is 0 Å². The van der Waals surface area contributed by atoms with Crippen LogP contribution >= 0.6 is 0 Å². The molecule has 112 valence electrons. The van der Waals surface area contributed by atoms with Crippen LogP contribution in [0.4, 0.5) is 0 Å². The SMILES string of the molecule is COc1ccccc1C(O)CN(C)CCc1ccncc1. The molecule has 1 heterocycles.